The SMILES string of the molecule is CN(C)c1ccc(C=NNC(=O)CN(c2ccccc2)S(=O)(=O)c2ccccc2[N+](=O)[O-])cc1Br. The highest BCUT2D eigenvalue weighted by Crippen LogP contribution is 2.29. The van der Waals surface area contributed by atoms with Crippen LogP contribution in [0.25, 0.3) is 0 Å². The zero-order chi connectivity index (χ0) is 25.6. The van der Waals surface area contributed by atoms with Gasteiger partial charge in [-0.1, -0.05) is 36.4 Å². The number of anilines is 2. The van der Waals surface area contributed by atoms with Crippen molar-refractivity contribution in [1.29, 1.82) is 0 Å². The summed E-state index contributed by atoms with van der Waals surface area (Å²) < 4.78 is 28.5. The second-order valence-electron chi connectivity index (χ2n) is 7.47. The number of sulfonamides is 1. The van der Waals surface area contributed by atoms with Gasteiger partial charge in [0, 0.05) is 24.6 Å². The lowest BCUT2D eigenvalue weighted by molar-refractivity contribution is -0.387. The van der Waals surface area contributed by atoms with Gasteiger partial charge in [-0.25, -0.2) is 13.8 Å². The zero-order valence-corrected chi connectivity index (χ0v) is 21.2. The molecule has 10 nitrogen and oxygen atoms in total. The van der Waals surface area contributed by atoms with E-state index in [-0.39, 0.29) is 5.69 Å². The first-order valence-corrected chi connectivity index (χ1v) is 12.4. The number of para-hydroxylation sites is 2. The predicted octanol–water partition coefficient (Wildman–Crippen LogP) is 3.77. The van der Waals surface area contributed by atoms with Gasteiger partial charge in [-0.3, -0.25) is 19.2 Å². The Morgan fingerprint density at radius 1 is 1.09 bits per heavy atom. The number of hydrazone groups is 1. The summed E-state index contributed by atoms with van der Waals surface area (Å²) in [4.78, 5) is 24.7. The fourth-order valence-electron chi connectivity index (χ4n) is 3.16. The molecule has 1 N–H and O–H groups in total. The monoisotopic (exact) mass is 559 g/mol. The number of hydrogen-bond donors (Lipinski definition) is 1. The molecule has 0 aliphatic carbocycles. The Labute approximate surface area is 211 Å². The van der Waals surface area contributed by atoms with Crippen molar-refractivity contribution < 1.29 is 18.1 Å². The molecule has 182 valence electrons. The lowest BCUT2D eigenvalue weighted by atomic mass is 10.2. The number of hydrogen-bond acceptors (Lipinski definition) is 7. The third kappa shape index (κ3) is 6.22. The van der Waals surface area contributed by atoms with Crippen LogP contribution in [0.3, 0.4) is 0 Å². The Balaban J connectivity index is 1.85. The van der Waals surface area contributed by atoms with Gasteiger partial charge in [0.05, 0.1) is 22.5 Å². The first-order valence-electron chi connectivity index (χ1n) is 10.2. The number of nitrogens with one attached hydrogen (secondary N) is 1. The van der Waals surface area contributed by atoms with Gasteiger partial charge in [0.15, 0.2) is 4.90 Å². The first kappa shape index (κ1) is 25.8. The molecule has 3 rings (SSSR count). The van der Waals surface area contributed by atoms with E-state index >= 15 is 0 Å². The van der Waals surface area contributed by atoms with E-state index in [1.807, 2.05) is 37.2 Å². The predicted molar refractivity (Wildman–Crippen MR) is 138 cm³/mol. The van der Waals surface area contributed by atoms with Crippen LogP contribution in [-0.2, 0) is 14.8 Å². The Bertz CT molecular complexity index is 1360. The third-order valence-corrected chi connectivity index (χ3v) is 7.27. The maximum absolute atomic E-state index is 13.4. The number of amides is 1. The summed E-state index contributed by atoms with van der Waals surface area (Å²) in [6.07, 6.45) is 1.42. The van der Waals surface area contributed by atoms with E-state index in [9.17, 15) is 23.3 Å². The van der Waals surface area contributed by atoms with Crippen LogP contribution in [0.5, 0.6) is 0 Å². The van der Waals surface area contributed by atoms with Crippen LogP contribution in [0.2, 0.25) is 0 Å². The molecule has 0 radical (unpaired) electrons. The smallest absolute Gasteiger partial charge is 0.289 e. The fourth-order valence-corrected chi connectivity index (χ4v) is 5.50. The van der Waals surface area contributed by atoms with Crippen molar-refractivity contribution in [2.45, 2.75) is 4.90 Å². The number of carbonyl (C=O) groups is 1. The summed E-state index contributed by atoms with van der Waals surface area (Å²) in [5.74, 6) is -0.726. The van der Waals surface area contributed by atoms with Crippen molar-refractivity contribution in [1.82, 2.24) is 5.43 Å². The van der Waals surface area contributed by atoms with E-state index in [1.165, 1.54) is 30.5 Å². The van der Waals surface area contributed by atoms with Crippen LogP contribution in [0.1, 0.15) is 5.56 Å². The highest BCUT2D eigenvalue weighted by Gasteiger charge is 2.33. The van der Waals surface area contributed by atoms with Gasteiger partial charge in [-0.15, -0.1) is 0 Å². The van der Waals surface area contributed by atoms with Crippen LogP contribution in [-0.4, -0.2) is 46.1 Å². The van der Waals surface area contributed by atoms with Crippen LogP contribution in [0, 0.1) is 10.1 Å². The minimum atomic E-state index is -4.45. The van der Waals surface area contributed by atoms with Gasteiger partial charge in [-0.05, 0) is 51.8 Å². The second kappa shape index (κ2) is 11.1. The van der Waals surface area contributed by atoms with Crippen molar-refractivity contribution in [3.05, 3.63) is 92.9 Å². The molecule has 35 heavy (non-hydrogen) atoms. The summed E-state index contributed by atoms with van der Waals surface area (Å²) in [5, 5.41) is 15.3. The zero-order valence-electron chi connectivity index (χ0n) is 18.8. The van der Waals surface area contributed by atoms with Crippen LogP contribution >= 0.6 is 15.9 Å². The van der Waals surface area contributed by atoms with Crippen LogP contribution in [0.15, 0.2) is 87.3 Å². The molecule has 0 bridgehead atoms. The Morgan fingerprint density at radius 3 is 2.37 bits per heavy atom. The quantitative estimate of drug-likeness (QED) is 0.241. The molecule has 0 spiro atoms. The highest BCUT2D eigenvalue weighted by molar-refractivity contribution is 9.10. The number of halogens is 1. The van der Waals surface area contributed by atoms with Crippen molar-refractivity contribution >= 4 is 55.1 Å². The first-order chi connectivity index (χ1) is 16.6. The van der Waals surface area contributed by atoms with Gasteiger partial charge in [-0.2, -0.15) is 5.10 Å². The third-order valence-electron chi connectivity index (χ3n) is 4.82. The van der Waals surface area contributed by atoms with Crippen LogP contribution in [0.4, 0.5) is 17.1 Å². The molecule has 0 atom stereocenters. The van der Waals surface area contributed by atoms with E-state index in [1.54, 1.807) is 18.2 Å². The van der Waals surface area contributed by atoms with Gasteiger partial charge in [0.1, 0.15) is 6.54 Å². The number of nitro groups is 1. The van der Waals surface area contributed by atoms with E-state index in [4.69, 9.17) is 0 Å². The Morgan fingerprint density at radius 2 is 1.74 bits per heavy atom. The molecule has 1 amide bonds. The summed E-state index contributed by atoms with van der Waals surface area (Å²) in [7, 11) is -0.638. The largest absolute Gasteiger partial charge is 0.377 e. The average Bonchev–Trinajstić information content (AvgIpc) is 2.82. The van der Waals surface area contributed by atoms with Gasteiger partial charge in [0.2, 0.25) is 0 Å². The number of nitrogens with zero attached hydrogens (tertiary/aromatic N) is 4. The minimum absolute atomic E-state index is 0.174. The molecule has 0 saturated carbocycles. The summed E-state index contributed by atoms with van der Waals surface area (Å²) >= 11 is 3.48. The van der Waals surface area contributed by atoms with E-state index in [2.05, 4.69) is 26.5 Å². The van der Waals surface area contributed by atoms with E-state index < -0.39 is 38.0 Å². The maximum atomic E-state index is 13.4. The molecule has 0 fully saturated rings. The minimum Gasteiger partial charge on any atom is -0.377 e. The normalized spacial score (nSPS) is 11.3. The molecule has 0 unspecified atom stereocenters. The van der Waals surface area contributed by atoms with Crippen molar-refractivity contribution in [2.24, 2.45) is 5.10 Å². The van der Waals surface area contributed by atoms with Crippen molar-refractivity contribution in [3.63, 3.8) is 0 Å². The maximum Gasteiger partial charge on any atom is 0.289 e. The number of rotatable bonds is 9. The molecule has 0 aliphatic heterocycles. The topological polar surface area (TPSA) is 125 Å². The second-order valence-corrected chi connectivity index (χ2v) is 10.2. The lowest BCUT2D eigenvalue weighted by Crippen LogP contribution is -2.39. The molecular formula is C23H22BrN5O5S. The molecule has 3 aromatic rings. The fraction of sp³-hybridized carbons (Fsp3) is 0.130. The molecule has 0 aromatic heterocycles. The van der Waals surface area contributed by atoms with E-state index in [0.717, 1.165) is 26.6 Å². The molecule has 0 aliphatic rings. The van der Waals surface area contributed by atoms with Gasteiger partial charge in [0.25, 0.3) is 21.6 Å². The average molecular weight is 560 g/mol. The Kier molecular flexibility index (Phi) is 8.20. The van der Waals surface area contributed by atoms with Gasteiger partial charge < -0.3 is 4.90 Å². The van der Waals surface area contributed by atoms with Crippen LogP contribution < -0.4 is 14.6 Å². The molecule has 0 heterocycles. The van der Waals surface area contributed by atoms with Crippen molar-refractivity contribution in [2.75, 3.05) is 29.8 Å². The lowest BCUT2D eigenvalue weighted by Gasteiger charge is -2.23. The highest BCUT2D eigenvalue weighted by atomic mass is 79.9. The summed E-state index contributed by atoms with van der Waals surface area (Å²) in [5.41, 5.74) is 3.57. The number of carbonyl (C=O) groups excluding carboxylic acids is 1. The Hall–Kier alpha value is -3.77. The number of benzene rings is 3. The molecular weight excluding hydrogens is 538 g/mol. The standard InChI is InChI=1S/C23H22BrN5O5S/c1-27(2)20-13-12-17(14-19(20)24)15-25-26-23(30)16-28(18-8-4-3-5-9-18)35(33,34)22-11-7-6-10-21(22)29(31)32/h3-15H,16H2,1-2H3,(H,26,30). The van der Waals surface area contributed by atoms with Crippen molar-refractivity contribution in [3.8, 4) is 0 Å². The summed E-state index contributed by atoms with van der Waals surface area (Å²) in [6.45, 7) is -0.640. The van der Waals surface area contributed by atoms with E-state index in [0.29, 0.717) is 5.56 Å². The molecule has 3 aromatic carbocycles. The molecule has 0 saturated heterocycles. The summed E-state index contributed by atoms with van der Waals surface area (Å²) in [6, 6.07) is 18.4. The molecule has 12 heteroatoms. The van der Waals surface area contributed by atoms with Gasteiger partial charge >= 0.3 is 0 Å². The number of nitro benzene ring substituents is 1.